The SMILES string of the molecule is Cc1cc(C(C)Nc2ccccc2-c2noc(=O)[nH]2)c2oc(-c3ccccc3)c(C)c(=O)c2c1. The lowest BCUT2D eigenvalue weighted by atomic mass is 9.98. The van der Waals surface area contributed by atoms with Crippen molar-refractivity contribution in [3.63, 3.8) is 0 Å². The minimum absolute atomic E-state index is 0.0437. The zero-order chi connectivity index (χ0) is 23.8. The van der Waals surface area contributed by atoms with E-state index in [1.165, 1.54) is 0 Å². The normalized spacial score (nSPS) is 12.1. The third-order valence-electron chi connectivity index (χ3n) is 5.89. The molecule has 0 radical (unpaired) electrons. The van der Waals surface area contributed by atoms with Crippen LogP contribution in [-0.2, 0) is 0 Å². The maximum absolute atomic E-state index is 13.3. The Hall–Kier alpha value is -4.39. The molecule has 0 bridgehead atoms. The summed E-state index contributed by atoms with van der Waals surface area (Å²) >= 11 is 0. The first kappa shape index (κ1) is 21.5. The molecule has 0 spiro atoms. The number of H-pyrrole nitrogens is 1. The van der Waals surface area contributed by atoms with E-state index in [1.807, 2.05) is 80.6 Å². The Bertz CT molecular complexity index is 1610. The quantitative estimate of drug-likeness (QED) is 0.360. The summed E-state index contributed by atoms with van der Waals surface area (Å²) in [7, 11) is 0. The Morgan fingerprint density at radius 1 is 0.971 bits per heavy atom. The number of fused-ring (bicyclic) bond motifs is 1. The van der Waals surface area contributed by atoms with Gasteiger partial charge in [0.25, 0.3) is 0 Å². The van der Waals surface area contributed by atoms with Crippen LogP contribution >= 0.6 is 0 Å². The molecule has 5 aromatic rings. The monoisotopic (exact) mass is 453 g/mol. The first-order chi connectivity index (χ1) is 16.4. The summed E-state index contributed by atoms with van der Waals surface area (Å²) < 4.78 is 11.1. The molecule has 2 aromatic heterocycles. The summed E-state index contributed by atoms with van der Waals surface area (Å²) in [6, 6.07) is 20.8. The molecular weight excluding hydrogens is 430 g/mol. The predicted molar refractivity (Wildman–Crippen MR) is 132 cm³/mol. The van der Waals surface area contributed by atoms with E-state index in [1.54, 1.807) is 6.92 Å². The summed E-state index contributed by atoms with van der Waals surface area (Å²) in [5.41, 5.74) is 5.21. The first-order valence-corrected chi connectivity index (χ1v) is 11.0. The van der Waals surface area contributed by atoms with Gasteiger partial charge >= 0.3 is 5.76 Å². The zero-order valence-corrected chi connectivity index (χ0v) is 19.0. The van der Waals surface area contributed by atoms with Crippen molar-refractivity contribution in [1.82, 2.24) is 10.1 Å². The third kappa shape index (κ3) is 3.81. The molecule has 0 amide bonds. The molecule has 2 N–H and O–H groups in total. The summed E-state index contributed by atoms with van der Waals surface area (Å²) in [6.07, 6.45) is 0. The van der Waals surface area contributed by atoms with Gasteiger partial charge in [0, 0.05) is 27.9 Å². The van der Waals surface area contributed by atoms with Crippen molar-refractivity contribution in [2.24, 2.45) is 0 Å². The number of aryl methyl sites for hydroxylation is 1. The van der Waals surface area contributed by atoms with Crippen molar-refractivity contribution < 1.29 is 8.94 Å². The van der Waals surface area contributed by atoms with Gasteiger partial charge in [0.05, 0.1) is 11.4 Å². The fourth-order valence-electron chi connectivity index (χ4n) is 4.23. The minimum atomic E-state index is -0.617. The molecule has 34 heavy (non-hydrogen) atoms. The van der Waals surface area contributed by atoms with Gasteiger partial charge in [-0.1, -0.05) is 53.7 Å². The summed E-state index contributed by atoms with van der Waals surface area (Å²) in [4.78, 5) is 27.4. The Balaban J connectivity index is 1.64. The lowest BCUT2D eigenvalue weighted by Crippen LogP contribution is -2.13. The van der Waals surface area contributed by atoms with Gasteiger partial charge < -0.3 is 9.73 Å². The fourth-order valence-corrected chi connectivity index (χ4v) is 4.23. The number of nitrogens with zero attached hydrogens (tertiary/aromatic N) is 1. The zero-order valence-electron chi connectivity index (χ0n) is 19.0. The van der Waals surface area contributed by atoms with Gasteiger partial charge in [-0.2, -0.15) is 0 Å². The molecular formula is C27H23N3O4. The molecule has 0 aliphatic carbocycles. The lowest BCUT2D eigenvalue weighted by Gasteiger charge is -2.20. The highest BCUT2D eigenvalue weighted by Crippen LogP contribution is 2.33. The van der Waals surface area contributed by atoms with E-state index in [2.05, 4.69) is 20.0 Å². The Labute approximate surface area is 195 Å². The third-order valence-corrected chi connectivity index (χ3v) is 5.89. The second-order valence-electron chi connectivity index (χ2n) is 8.34. The number of hydrogen-bond donors (Lipinski definition) is 2. The Morgan fingerprint density at radius 3 is 2.44 bits per heavy atom. The second kappa shape index (κ2) is 8.51. The van der Waals surface area contributed by atoms with Crippen LogP contribution in [0.15, 0.2) is 85.3 Å². The second-order valence-corrected chi connectivity index (χ2v) is 8.34. The summed E-state index contributed by atoms with van der Waals surface area (Å²) in [5.74, 6) is 0.284. The van der Waals surface area contributed by atoms with Crippen molar-refractivity contribution in [1.29, 1.82) is 0 Å². The highest BCUT2D eigenvalue weighted by Gasteiger charge is 2.20. The average Bonchev–Trinajstić information content (AvgIpc) is 3.28. The van der Waals surface area contributed by atoms with E-state index in [0.717, 1.165) is 22.4 Å². The molecule has 7 nitrogen and oxygen atoms in total. The highest BCUT2D eigenvalue weighted by atomic mass is 16.5. The molecule has 1 atom stereocenters. The van der Waals surface area contributed by atoms with Crippen LogP contribution in [0.2, 0.25) is 0 Å². The van der Waals surface area contributed by atoms with Crippen molar-refractivity contribution >= 4 is 16.7 Å². The molecule has 0 saturated carbocycles. The Morgan fingerprint density at radius 2 is 1.71 bits per heavy atom. The summed E-state index contributed by atoms with van der Waals surface area (Å²) in [5, 5.41) is 7.85. The number of para-hydroxylation sites is 1. The number of hydrogen-bond acceptors (Lipinski definition) is 6. The van der Waals surface area contributed by atoms with E-state index >= 15 is 0 Å². The highest BCUT2D eigenvalue weighted by molar-refractivity contribution is 5.85. The molecule has 2 heterocycles. The topological polar surface area (TPSA) is 101 Å². The standard InChI is InChI=1S/C27H23N3O4/c1-15-13-20(17(3)28-22-12-8-7-11-19(22)26-29-27(32)34-30-26)25-21(14-15)23(31)16(2)24(33-25)18-9-5-4-6-10-18/h4-14,17,28H,1-3H3,(H,29,30,32). The molecule has 0 aliphatic rings. The van der Waals surface area contributed by atoms with E-state index in [0.29, 0.717) is 33.7 Å². The molecule has 170 valence electrons. The van der Waals surface area contributed by atoms with Gasteiger partial charge in [-0.15, -0.1) is 0 Å². The van der Waals surface area contributed by atoms with E-state index in [-0.39, 0.29) is 11.5 Å². The maximum atomic E-state index is 13.3. The van der Waals surface area contributed by atoms with Gasteiger partial charge in [-0.05, 0) is 44.5 Å². The van der Waals surface area contributed by atoms with E-state index < -0.39 is 5.76 Å². The Kier molecular flexibility index (Phi) is 5.37. The van der Waals surface area contributed by atoms with Crippen LogP contribution < -0.4 is 16.5 Å². The number of rotatable bonds is 5. The number of anilines is 1. The minimum Gasteiger partial charge on any atom is -0.455 e. The van der Waals surface area contributed by atoms with Crippen molar-refractivity contribution in [2.45, 2.75) is 26.8 Å². The van der Waals surface area contributed by atoms with E-state index in [4.69, 9.17) is 4.42 Å². The van der Waals surface area contributed by atoms with Crippen LogP contribution in [-0.4, -0.2) is 10.1 Å². The number of nitrogens with one attached hydrogen (secondary N) is 2. The van der Waals surface area contributed by atoms with Gasteiger partial charge in [0.15, 0.2) is 11.3 Å². The van der Waals surface area contributed by atoms with Crippen molar-refractivity contribution in [3.05, 3.63) is 104 Å². The number of benzene rings is 3. The molecule has 0 aliphatic heterocycles. The maximum Gasteiger partial charge on any atom is 0.439 e. The van der Waals surface area contributed by atoms with Crippen LogP contribution in [0, 0.1) is 13.8 Å². The van der Waals surface area contributed by atoms with Crippen LogP contribution in [0.4, 0.5) is 5.69 Å². The lowest BCUT2D eigenvalue weighted by molar-refractivity contribution is 0.388. The van der Waals surface area contributed by atoms with Crippen LogP contribution in [0.1, 0.15) is 29.7 Å². The molecule has 1 unspecified atom stereocenters. The smallest absolute Gasteiger partial charge is 0.439 e. The van der Waals surface area contributed by atoms with Crippen LogP contribution in [0.3, 0.4) is 0 Å². The molecule has 0 fully saturated rings. The molecule has 0 saturated heterocycles. The molecule has 7 heteroatoms. The van der Waals surface area contributed by atoms with Gasteiger partial charge in [0.1, 0.15) is 11.3 Å². The predicted octanol–water partition coefficient (Wildman–Crippen LogP) is 5.59. The van der Waals surface area contributed by atoms with Crippen LogP contribution in [0.25, 0.3) is 33.7 Å². The van der Waals surface area contributed by atoms with Crippen molar-refractivity contribution in [2.75, 3.05) is 5.32 Å². The largest absolute Gasteiger partial charge is 0.455 e. The van der Waals surface area contributed by atoms with Crippen molar-refractivity contribution in [3.8, 4) is 22.7 Å². The van der Waals surface area contributed by atoms with Gasteiger partial charge in [-0.25, -0.2) is 4.79 Å². The van der Waals surface area contributed by atoms with E-state index in [9.17, 15) is 9.59 Å². The molecule has 3 aromatic carbocycles. The molecule has 5 rings (SSSR count). The van der Waals surface area contributed by atoms with Gasteiger partial charge in [0.2, 0.25) is 0 Å². The average molecular weight is 453 g/mol. The summed E-state index contributed by atoms with van der Waals surface area (Å²) in [6.45, 7) is 5.76. The van der Waals surface area contributed by atoms with Gasteiger partial charge in [-0.3, -0.25) is 14.3 Å². The fraction of sp³-hybridized carbons (Fsp3) is 0.148. The number of aromatic amines is 1. The number of aromatic nitrogens is 2. The first-order valence-electron chi connectivity index (χ1n) is 11.0. The van der Waals surface area contributed by atoms with Crippen LogP contribution in [0.5, 0.6) is 0 Å².